The van der Waals surface area contributed by atoms with Crippen LogP contribution < -0.4 is 19.5 Å². The van der Waals surface area contributed by atoms with Gasteiger partial charge in [-0.1, -0.05) is 25.5 Å². The molecule has 24 heavy (non-hydrogen) atoms. The molecule has 0 atom stereocenters. The summed E-state index contributed by atoms with van der Waals surface area (Å²) in [4.78, 5) is 12.3. The number of nitrogens with one attached hydrogen (secondary N) is 1. The third-order valence-corrected chi connectivity index (χ3v) is 3.75. The van der Waals surface area contributed by atoms with Gasteiger partial charge in [0, 0.05) is 12.1 Å². The molecule has 0 aliphatic carbocycles. The van der Waals surface area contributed by atoms with E-state index in [9.17, 15) is 4.79 Å². The average molecular weight is 327 g/mol. The lowest BCUT2D eigenvalue weighted by molar-refractivity contribution is 0.0950. The van der Waals surface area contributed by atoms with Gasteiger partial charge in [0.2, 0.25) is 6.79 Å². The highest BCUT2D eigenvalue weighted by Crippen LogP contribution is 2.32. The Bertz CT molecular complexity index is 714. The summed E-state index contributed by atoms with van der Waals surface area (Å²) in [5.74, 6) is 2.04. The molecule has 0 aromatic heterocycles. The van der Waals surface area contributed by atoms with E-state index in [4.69, 9.17) is 14.2 Å². The third-order valence-electron chi connectivity index (χ3n) is 3.75. The summed E-state index contributed by atoms with van der Waals surface area (Å²) >= 11 is 0. The minimum atomic E-state index is -0.131. The van der Waals surface area contributed by atoms with Crippen molar-refractivity contribution < 1.29 is 19.0 Å². The van der Waals surface area contributed by atoms with E-state index in [1.165, 1.54) is 0 Å². The largest absolute Gasteiger partial charge is 0.494 e. The lowest BCUT2D eigenvalue weighted by atomic mass is 10.1. The van der Waals surface area contributed by atoms with Gasteiger partial charge in [0.05, 0.1) is 6.61 Å². The summed E-state index contributed by atoms with van der Waals surface area (Å²) < 4.78 is 16.3. The van der Waals surface area contributed by atoms with E-state index in [1.54, 1.807) is 12.1 Å². The van der Waals surface area contributed by atoms with E-state index in [2.05, 4.69) is 12.2 Å². The van der Waals surface area contributed by atoms with Crippen molar-refractivity contribution in [3.8, 4) is 17.2 Å². The second-order valence-electron chi connectivity index (χ2n) is 5.60. The zero-order chi connectivity index (χ0) is 16.8. The quantitative estimate of drug-likeness (QED) is 0.791. The molecule has 2 aromatic carbocycles. The van der Waals surface area contributed by atoms with Crippen LogP contribution in [-0.4, -0.2) is 19.3 Å². The van der Waals surface area contributed by atoms with E-state index in [-0.39, 0.29) is 12.7 Å². The monoisotopic (exact) mass is 327 g/mol. The Hall–Kier alpha value is -2.69. The number of benzene rings is 2. The third kappa shape index (κ3) is 3.98. The minimum Gasteiger partial charge on any atom is -0.494 e. The smallest absolute Gasteiger partial charge is 0.251 e. The van der Waals surface area contributed by atoms with Crippen LogP contribution in [0.15, 0.2) is 42.5 Å². The van der Waals surface area contributed by atoms with Gasteiger partial charge in [-0.25, -0.2) is 0 Å². The Morgan fingerprint density at radius 3 is 2.92 bits per heavy atom. The van der Waals surface area contributed by atoms with Crippen molar-refractivity contribution in [3.63, 3.8) is 0 Å². The van der Waals surface area contributed by atoms with E-state index in [0.717, 1.165) is 29.9 Å². The van der Waals surface area contributed by atoms with Crippen LogP contribution >= 0.6 is 0 Å². The van der Waals surface area contributed by atoms with Crippen molar-refractivity contribution in [2.24, 2.45) is 0 Å². The first-order valence-corrected chi connectivity index (χ1v) is 8.16. The Morgan fingerprint density at radius 1 is 1.17 bits per heavy atom. The normalized spacial score (nSPS) is 12.0. The molecule has 1 amide bonds. The van der Waals surface area contributed by atoms with Crippen LogP contribution in [0.4, 0.5) is 0 Å². The number of rotatable bonds is 7. The first kappa shape index (κ1) is 16.2. The van der Waals surface area contributed by atoms with E-state index >= 15 is 0 Å². The van der Waals surface area contributed by atoms with Gasteiger partial charge in [-0.3, -0.25) is 4.79 Å². The van der Waals surface area contributed by atoms with Crippen LogP contribution in [0.25, 0.3) is 0 Å². The summed E-state index contributed by atoms with van der Waals surface area (Å²) in [6.45, 7) is 3.45. The maximum atomic E-state index is 12.3. The van der Waals surface area contributed by atoms with Gasteiger partial charge in [0.25, 0.3) is 5.91 Å². The van der Waals surface area contributed by atoms with Gasteiger partial charge in [-0.15, -0.1) is 0 Å². The van der Waals surface area contributed by atoms with Crippen molar-refractivity contribution in [1.82, 2.24) is 5.32 Å². The number of amides is 1. The number of ether oxygens (including phenoxy) is 3. The lowest BCUT2D eigenvalue weighted by Crippen LogP contribution is -2.22. The molecule has 126 valence electrons. The topological polar surface area (TPSA) is 56.8 Å². The maximum absolute atomic E-state index is 12.3. The van der Waals surface area contributed by atoms with Gasteiger partial charge in [0.15, 0.2) is 11.5 Å². The van der Waals surface area contributed by atoms with Crippen molar-refractivity contribution in [2.45, 2.75) is 26.3 Å². The van der Waals surface area contributed by atoms with Gasteiger partial charge in [0.1, 0.15) is 5.75 Å². The molecule has 0 unspecified atom stereocenters. The molecule has 0 radical (unpaired) electrons. The molecule has 0 bridgehead atoms. The highest BCUT2D eigenvalue weighted by atomic mass is 16.7. The van der Waals surface area contributed by atoms with Gasteiger partial charge in [-0.05, 0) is 42.3 Å². The van der Waals surface area contributed by atoms with Gasteiger partial charge in [-0.2, -0.15) is 0 Å². The number of fused-ring (bicyclic) bond motifs is 1. The van der Waals surface area contributed by atoms with Crippen LogP contribution in [0.1, 0.15) is 35.7 Å². The van der Waals surface area contributed by atoms with Crippen molar-refractivity contribution in [1.29, 1.82) is 0 Å². The average Bonchev–Trinajstić information content (AvgIpc) is 3.08. The summed E-state index contributed by atoms with van der Waals surface area (Å²) in [5.41, 5.74) is 1.55. The molecule has 0 fully saturated rings. The van der Waals surface area contributed by atoms with Crippen LogP contribution in [-0.2, 0) is 6.54 Å². The molecule has 1 N–H and O–H groups in total. The number of hydrogen-bond acceptors (Lipinski definition) is 4. The SMILES string of the molecule is CCCCOc1cccc(C(=O)NCc2ccc3c(c2)OCO3)c1. The number of carbonyl (C=O) groups is 1. The highest BCUT2D eigenvalue weighted by molar-refractivity contribution is 5.94. The van der Waals surface area contributed by atoms with Gasteiger partial charge >= 0.3 is 0 Å². The fourth-order valence-electron chi connectivity index (χ4n) is 2.40. The molecule has 3 rings (SSSR count). The predicted molar refractivity (Wildman–Crippen MR) is 90.6 cm³/mol. The Morgan fingerprint density at radius 2 is 2.04 bits per heavy atom. The van der Waals surface area contributed by atoms with E-state index in [0.29, 0.717) is 24.5 Å². The Balaban J connectivity index is 1.57. The number of hydrogen-bond donors (Lipinski definition) is 1. The predicted octanol–water partition coefficient (Wildman–Crippen LogP) is 3.52. The van der Waals surface area contributed by atoms with Crippen molar-refractivity contribution in [3.05, 3.63) is 53.6 Å². The molecular weight excluding hydrogens is 306 g/mol. The van der Waals surface area contributed by atoms with E-state index in [1.807, 2.05) is 30.3 Å². The lowest BCUT2D eigenvalue weighted by Gasteiger charge is -2.09. The Labute approximate surface area is 141 Å². The molecule has 1 aliphatic rings. The molecule has 5 nitrogen and oxygen atoms in total. The Kier molecular flexibility index (Phi) is 5.21. The zero-order valence-electron chi connectivity index (χ0n) is 13.7. The van der Waals surface area contributed by atoms with Crippen molar-refractivity contribution in [2.75, 3.05) is 13.4 Å². The van der Waals surface area contributed by atoms with Crippen molar-refractivity contribution >= 4 is 5.91 Å². The van der Waals surface area contributed by atoms with Crippen LogP contribution in [0.5, 0.6) is 17.2 Å². The van der Waals surface area contributed by atoms with Crippen LogP contribution in [0.3, 0.4) is 0 Å². The standard InChI is InChI=1S/C19H21NO4/c1-2-3-9-22-16-6-4-5-15(11-16)19(21)20-12-14-7-8-17-18(10-14)24-13-23-17/h4-8,10-11H,2-3,9,12-13H2,1H3,(H,20,21). The number of carbonyl (C=O) groups excluding carboxylic acids is 1. The fourth-order valence-corrected chi connectivity index (χ4v) is 2.40. The highest BCUT2D eigenvalue weighted by Gasteiger charge is 2.13. The minimum absolute atomic E-state index is 0.131. The van der Waals surface area contributed by atoms with Crippen LogP contribution in [0, 0.1) is 0 Å². The molecule has 0 saturated carbocycles. The summed E-state index contributed by atoms with van der Waals surface area (Å²) in [6, 6.07) is 12.9. The molecule has 1 heterocycles. The molecule has 1 aliphatic heterocycles. The molecule has 5 heteroatoms. The fraction of sp³-hybridized carbons (Fsp3) is 0.316. The summed E-state index contributed by atoms with van der Waals surface area (Å²) in [6.07, 6.45) is 2.08. The maximum Gasteiger partial charge on any atom is 0.251 e. The van der Waals surface area contributed by atoms with Gasteiger partial charge < -0.3 is 19.5 Å². The molecule has 0 saturated heterocycles. The zero-order valence-corrected chi connectivity index (χ0v) is 13.7. The summed E-state index contributed by atoms with van der Waals surface area (Å²) in [5, 5.41) is 2.91. The molecular formula is C19H21NO4. The summed E-state index contributed by atoms with van der Waals surface area (Å²) in [7, 11) is 0. The first-order valence-electron chi connectivity index (χ1n) is 8.16. The van der Waals surface area contributed by atoms with E-state index < -0.39 is 0 Å². The first-order chi connectivity index (χ1) is 11.8. The number of unbranched alkanes of at least 4 members (excludes halogenated alkanes) is 1. The second kappa shape index (κ2) is 7.73. The second-order valence-corrected chi connectivity index (χ2v) is 5.60. The molecule has 0 spiro atoms. The molecule has 2 aromatic rings. The van der Waals surface area contributed by atoms with Crippen LogP contribution in [0.2, 0.25) is 0 Å².